The van der Waals surface area contributed by atoms with Gasteiger partial charge < -0.3 is 14.2 Å². The van der Waals surface area contributed by atoms with Gasteiger partial charge in [0.2, 0.25) is 6.29 Å². The first-order valence-electron chi connectivity index (χ1n) is 10.9. The highest BCUT2D eigenvalue weighted by Gasteiger charge is 2.49. The fourth-order valence-electron chi connectivity index (χ4n) is 3.57. The lowest BCUT2D eigenvalue weighted by Gasteiger charge is -2.23. The number of aryl methyl sites for hydroxylation is 1. The molecule has 0 aliphatic carbocycles. The van der Waals surface area contributed by atoms with Crippen molar-refractivity contribution >= 4 is 23.7 Å². The van der Waals surface area contributed by atoms with Crippen molar-refractivity contribution in [3.05, 3.63) is 102 Å². The Hall–Kier alpha value is -3.53. The highest BCUT2D eigenvalue weighted by molar-refractivity contribution is 8.00. The van der Waals surface area contributed by atoms with Crippen LogP contribution in [0, 0.1) is 19.3 Å². The molecule has 172 valence electrons. The van der Waals surface area contributed by atoms with Crippen LogP contribution in [-0.2, 0) is 14.2 Å². The second-order valence-corrected chi connectivity index (χ2v) is 9.32. The maximum atomic E-state index is 12.7. The molecule has 1 aliphatic rings. The molecule has 34 heavy (non-hydrogen) atoms. The lowest BCUT2D eigenvalue weighted by atomic mass is 10.0. The molecule has 1 aliphatic heterocycles. The van der Waals surface area contributed by atoms with Gasteiger partial charge in [-0.3, -0.25) is 0 Å². The zero-order valence-electron chi connectivity index (χ0n) is 18.7. The number of carbonyl (C=O) groups excluding carboxylic acids is 2. The third-order valence-electron chi connectivity index (χ3n) is 5.43. The summed E-state index contributed by atoms with van der Waals surface area (Å²) >= 11 is 1.52. The Morgan fingerprint density at radius 2 is 1.56 bits per heavy atom. The summed E-state index contributed by atoms with van der Waals surface area (Å²) in [6.07, 6.45) is 5.29. The Labute approximate surface area is 203 Å². The van der Waals surface area contributed by atoms with E-state index in [2.05, 4.69) is 5.92 Å². The average Bonchev–Trinajstić information content (AvgIpc) is 3.22. The van der Waals surface area contributed by atoms with Crippen LogP contribution < -0.4 is 0 Å². The van der Waals surface area contributed by atoms with Crippen LogP contribution in [0.3, 0.4) is 0 Å². The summed E-state index contributed by atoms with van der Waals surface area (Å²) < 4.78 is 17.3. The van der Waals surface area contributed by atoms with Gasteiger partial charge in [0, 0.05) is 11.3 Å². The summed E-state index contributed by atoms with van der Waals surface area (Å²) in [5.41, 5.74) is 0.767. The van der Waals surface area contributed by atoms with E-state index in [1.807, 2.05) is 43.3 Å². The topological polar surface area (TPSA) is 61.8 Å². The molecule has 0 spiro atoms. The van der Waals surface area contributed by atoms with Crippen LogP contribution in [0.5, 0.6) is 0 Å². The van der Waals surface area contributed by atoms with Gasteiger partial charge in [-0.15, -0.1) is 18.2 Å². The van der Waals surface area contributed by atoms with Crippen LogP contribution in [0.15, 0.2) is 89.8 Å². The monoisotopic (exact) mass is 472 g/mol. The van der Waals surface area contributed by atoms with Crippen LogP contribution in [0.1, 0.15) is 32.7 Å². The van der Waals surface area contributed by atoms with Gasteiger partial charge in [-0.05, 0) is 43.3 Å². The van der Waals surface area contributed by atoms with Gasteiger partial charge in [0.05, 0.1) is 16.4 Å². The van der Waals surface area contributed by atoms with Crippen molar-refractivity contribution in [2.24, 2.45) is 0 Å². The maximum absolute atomic E-state index is 12.7. The van der Waals surface area contributed by atoms with Gasteiger partial charge in [-0.25, -0.2) is 9.59 Å². The molecule has 0 radical (unpaired) electrons. The third-order valence-corrected chi connectivity index (χ3v) is 6.66. The molecule has 3 aromatic rings. The summed E-state index contributed by atoms with van der Waals surface area (Å²) in [6.45, 7) is 1.86. The Bertz CT molecular complexity index is 1170. The number of thioether (sulfide) groups is 1. The van der Waals surface area contributed by atoms with Crippen LogP contribution in [0.25, 0.3) is 0 Å². The van der Waals surface area contributed by atoms with E-state index >= 15 is 0 Å². The van der Waals surface area contributed by atoms with Crippen LogP contribution in [0.4, 0.5) is 0 Å². The average molecular weight is 473 g/mol. The number of hydrogen-bond donors (Lipinski definition) is 0. The smallest absolute Gasteiger partial charge is 0.340 e. The van der Waals surface area contributed by atoms with E-state index in [0.717, 1.165) is 10.5 Å². The van der Waals surface area contributed by atoms with Crippen molar-refractivity contribution in [2.75, 3.05) is 6.61 Å². The molecule has 1 fully saturated rings. The molecule has 0 amide bonds. The van der Waals surface area contributed by atoms with Crippen LogP contribution >= 0.6 is 11.8 Å². The first kappa shape index (κ1) is 23.6. The second-order valence-electron chi connectivity index (χ2n) is 8.01. The van der Waals surface area contributed by atoms with Crippen molar-refractivity contribution in [1.82, 2.24) is 0 Å². The quantitative estimate of drug-likeness (QED) is 0.344. The Kier molecular flexibility index (Phi) is 7.36. The fourth-order valence-corrected chi connectivity index (χ4v) is 4.79. The summed E-state index contributed by atoms with van der Waals surface area (Å²) in [4.78, 5) is 26.2. The highest BCUT2D eigenvalue weighted by Crippen LogP contribution is 2.41. The highest BCUT2D eigenvalue weighted by atomic mass is 32.2. The standard InChI is InChI=1S/C28H24O5S/c1-3-28(19-31-25(29)21-10-6-4-7-11-21)18-24(34-23-16-14-20(2)15-17-23)27(33-28)32-26(30)22-12-8-5-9-13-22/h1,4-17,24,27H,18-19H2,2H3. The molecular formula is C28H24O5S. The molecule has 0 N–H and O–H groups in total. The van der Waals surface area contributed by atoms with Gasteiger partial charge in [-0.2, -0.15) is 0 Å². The largest absolute Gasteiger partial charge is 0.458 e. The van der Waals surface area contributed by atoms with Crippen molar-refractivity contribution < 1.29 is 23.8 Å². The number of hydrogen-bond acceptors (Lipinski definition) is 6. The van der Waals surface area contributed by atoms with Crippen molar-refractivity contribution in [2.45, 2.75) is 35.4 Å². The maximum Gasteiger partial charge on any atom is 0.340 e. The van der Waals surface area contributed by atoms with E-state index < -0.39 is 23.8 Å². The summed E-state index contributed by atoms with van der Waals surface area (Å²) in [5, 5.41) is -0.290. The molecule has 0 saturated carbocycles. The van der Waals surface area contributed by atoms with Gasteiger partial charge in [0.25, 0.3) is 0 Å². The minimum atomic E-state index is -1.21. The molecule has 0 aromatic heterocycles. The molecular weight excluding hydrogens is 448 g/mol. The zero-order chi connectivity index (χ0) is 24.0. The number of rotatable bonds is 7. The van der Waals surface area contributed by atoms with E-state index in [0.29, 0.717) is 17.5 Å². The van der Waals surface area contributed by atoms with Gasteiger partial charge in [0.15, 0.2) is 5.60 Å². The molecule has 5 nitrogen and oxygen atoms in total. The summed E-state index contributed by atoms with van der Waals surface area (Å²) in [5.74, 6) is 1.65. The summed E-state index contributed by atoms with van der Waals surface area (Å²) in [6, 6.07) is 25.4. The second kappa shape index (κ2) is 10.6. The number of carbonyl (C=O) groups is 2. The predicted octanol–water partition coefficient (Wildman–Crippen LogP) is 5.29. The normalized spacial score (nSPS) is 21.4. The van der Waals surface area contributed by atoms with Gasteiger partial charge in [-0.1, -0.05) is 60.0 Å². The first-order valence-corrected chi connectivity index (χ1v) is 11.7. The fraction of sp³-hybridized carbons (Fsp3) is 0.214. The molecule has 3 aromatic carbocycles. The van der Waals surface area contributed by atoms with Crippen molar-refractivity contribution in [3.63, 3.8) is 0 Å². The molecule has 1 heterocycles. The van der Waals surface area contributed by atoms with E-state index in [1.165, 1.54) is 11.8 Å². The zero-order valence-corrected chi connectivity index (χ0v) is 19.5. The first-order chi connectivity index (χ1) is 16.5. The molecule has 3 atom stereocenters. The molecule has 1 saturated heterocycles. The molecule has 0 bridgehead atoms. The minimum Gasteiger partial charge on any atom is -0.458 e. The Morgan fingerprint density at radius 3 is 2.15 bits per heavy atom. The van der Waals surface area contributed by atoms with Gasteiger partial charge in [0.1, 0.15) is 6.61 Å². The third kappa shape index (κ3) is 5.69. The predicted molar refractivity (Wildman–Crippen MR) is 130 cm³/mol. The minimum absolute atomic E-state index is 0.151. The van der Waals surface area contributed by atoms with Crippen molar-refractivity contribution in [1.29, 1.82) is 0 Å². The Morgan fingerprint density at radius 1 is 0.971 bits per heavy atom. The number of ether oxygens (including phenoxy) is 3. The lowest BCUT2D eigenvalue weighted by Crippen LogP contribution is -2.35. The molecule has 4 rings (SSSR count). The number of benzene rings is 3. The van der Waals surface area contributed by atoms with Crippen LogP contribution in [-0.4, -0.2) is 35.7 Å². The van der Waals surface area contributed by atoms with Crippen molar-refractivity contribution in [3.8, 4) is 12.3 Å². The molecule has 3 unspecified atom stereocenters. The van der Waals surface area contributed by atoms with E-state index in [4.69, 9.17) is 20.6 Å². The van der Waals surface area contributed by atoms with Crippen LogP contribution in [0.2, 0.25) is 0 Å². The Balaban J connectivity index is 1.52. The lowest BCUT2D eigenvalue weighted by molar-refractivity contribution is -0.133. The van der Waals surface area contributed by atoms with E-state index in [1.54, 1.807) is 48.5 Å². The molecule has 6 heteroatoms. The SMILES string of the molecule is C#CC1(COC(=O)c2ccccc2)CC(Sc2ccc(C)cc2)C(OC(=O)c2ccccc2)O1. The summed E-state index contributed by atoms with van der Waals surface area (Å²) in [7, 11) is 0. The van der Waals surface area contributed by atoms with E-state index in [9.17, 15) is 9.59 Å². The van der Waals surface area contributed by atoms with E-state index in [-0.39, 0.29) is 11.9 Å². The van der Waals surface area contributed by atoms with Gasteiger partial charge >= 0.3 is 11.9 Å². The number of terminal acetylenes is 1. The number of esters is 2.